The topological polar surface area (TPSA) is 80.6 Å². The van der Waals surface area contributed by atoms with Gasteiger partial charge in [0.05, 0.1) is 17.6 Å². The lowest BCUT2D eigenvalue weighted by atomic mass is 10.1. The largest absolute Gasteiger partial charge is 0.405 e. The quantitative estimate of drug-likeness (QED) is 0.386. The molecule has 0 spiro atoms. The van der Waals surface area contributed by atoms with Crippen molar-refractivity contribution in [3.63, 3.8) is 0 Å². The van der Waals surface area contributed by atoms with Crippen LogP contribution in [0, 0.1) is 18.3 Å². The van der Waals surface area contributed by atoms with Gasteiger partial charge in [0.15, 0.2) is 5.79 Å². The van der Waals surface area contributed by atoms with E-state index in [1.807, 2.05) is 69.3 Å². The molecule has 4 rings (SSSR count). The normalized spacial score (nSPS) is 20.7. The lowest BCUT2D eigenvalue weighted by molar-refractivity contribution is -0.149. The van der Waals surface area contributed by atoms with Gasteiger partial charge in [-0.3, -0.25) is 0 Å². The number of nitrogens with zero attached hydrogens (tertiary/aromatic N) is 1. The number of rotatable bonds is 9. The Balaban J connectivity index is 1.65. The molecular formula is C31H38N2O4SSi. The highest BCUT2D eigenvalue weighted by molar-refractivity contribution is 7.83. The van der Waals surface area contributed by atoms with Gasteiger partial charge in [0.1, 0.15) is 29.2 Å². The van der Waals surface area contributed by atoms with Crippen LogP contribution in [-0.4, -0.2) is 43.2 Å². The summed E-state index contributed by atoms with van der Waals surface area (Å²) in [4.78, 5) is 0.596. The van der Waals surface area contributed by atoms with E-state index in [0.717, 1.165) is 15.9 Å². The number of benzene rings is 3. The molecule has 1 N–H and O–H groups in total. The molecule has 0 unspecified atom stereocenters. The SMILES string of the molecule is Cc1ccc([S@@](=O)N[C@H](C#N)[C@@H]2OC(C)(C)O[C@H]2CO[Si](c2ccccc2)(c2ccccc2)C(C)(C)C)cc1. The molecule has 0 amide bonds. The zero-order valence-electron chi connectivity index (χ0n) is 23.5. The van der Waals surface area contributed by atoms with Crippen molar-refractivity contribution in [1.29, 1.82) is 5.26 Å². The van der Waals surface area contributed by atoms with Crippen molar-refractivity contribution < 1.29 is 18.1 Å². The highest BCUT2D eigenvalue weighted by Gasteiger charge is 2.53. The molecule has 3 aromatic rings. The summed E-state index contributed by atoms with van der Waals surface area (Å²) in [5.41, 5.74) is 1.07. The second-order valence-electron chi connectivity index (χ2n) is 11.4. The Morgan fingerprint density at radius 2 is 1.51 bits per heavy atom. The van der Waals surface area contributed by atoms with Crippen LogP contribution in [-0.2, 0) is 24.9 Å². The maximum Gasteiger partial charge on any atom is 0.261 e. The first-order valence-corrected chi connectivity index (χ1v) is 16.3. The molecule has 1 fully saturated rings. The van der Waals surface area contributed by atoms with E-state index >= 15 is 0 Å². The van der Waals surface area contributed by atoms with Gasteiger partial charge in [-0.05, 0) is 48.3 Å². The van der Waals surface area contributed by atoms with Crippen molar-refractivity contribution in [2.75, 3.05) is 6.61 Å². The Kier molecular flexibility index (Phi) is 8.91. The van der Waals surface area contributed by atoms with Crippen molar-refractivity contribution in [2.24, 2.45) is 0 Å². The predicted molar refractivity (Wildman–Crippen MR) is 158 cm³/mol. The Morgan fingerprint density at radius 3 is 2.00 bits per heavy atom. The molecule has 4 atom stereocenters. The van der Waals surface area contributed by atoms with Crippen LogP contribution < -0.4 is 15.1 Å². The van der Waals surface area contributed by atoms with Crippen molar-refractivity contribution in [3.8, 4) is 6.07 Å². The van der Waals surface area contributed by atoms with Crippen molar-refractivity contribution in [3.05, 3.63) is 90.5 Å². The number of ether oxygens (including phenoxy) is 2. The minimum Gasteiger partial charge on any atom is -0.405 e. The molecule has 3 aromatic carbocycles. The highest BCUT2D eigenvalue weighted by atomic mass is 32.2. The van der Waals surface area contributed by atoms with Crippen LogP contribution in [0.1, 0.15) is 40.2 Å². The summed E-state index contributed by atoms with van der Waals surface area (Å²) >= 11 is 0. The zero-order valence-corrected chi connectivity index (χ0v) is 25.3. The van der Waals surface area contributed by atoms with E-state index in [9.17, 15) is 9.47 Å². The van der Waals surface area contributed by atoms with Crippen molar-refractivity contribution in [2.45, 2.75) is 75.5 Å². The number of nitriles is 1. The zero-order chi connectivity index (χ0) is 28.3. The second kappa shape index (κ2) is 11.8. The maximum absolute atomic E-state index is 13.1. The molecule has 8 heteroatoms. The lowest BCUT2D eigenvalue weighted by Gasteiger charge is -2.43. The number of aryl methyl sites for hydroxylation is 1. The van der Waals surface area contributed by atoms with Crippen LogP contribution in [0.5, 0.6) is 0 Å². The van der Waals surface area contributed by atoms with Crippen LogP contribution in [0.15, 0.2) is 89.8 Å². The third kappa shape index (κ3) is 6.41. The molecule has 1 aliphatic rings. The van der Waals surface area contributed by atoms with E-state index in [0.29, 0.717) is 4.90 Å². The van der Waals surface area contributed by atoms with Crippen LogP contribution in [0.2, 0.25) is 5.04 Å². The first-order valence-electron chi connectivity index (χ1n) is 13.2. The number of hydrogen-bond acceptors (Lipinski definition) is 5. The van der Waals surface area contributed by atoms with Crippen LogP contribution in [0.3, 0.4) is 0 Å². The van der Waals surface area contributed by atoms with Gasteiger partial charge in [-0.1, -0.05) is 99.1 Å². The average Bonchev–Trinajstić information content (AvgIpc) is 3.22. The minimum atomic E-state index is -2.83. The van der Waals surface area contributed by atoms with Gasteiger partial charge in [0, 0.05) is 0 Å². The molecule has 6 nitrogen and oxygen atoms in total. The Bertz CT molecular complexity index is 1260. The van der Waals surface area contributed by atoms with E-state index in [4.69, 9.17) is 13.9 Å². The van der Waals surface area contributed by atoms with Crippen LogP contribution in [0.4, 0.5) is 0 Å². The van der Waals surface area contributed by atoms with Gasteiger partial charge in [-0.25, -0.2) is 8.93 Å². The molecule has 0 aromatic heterocycles. The summed E-state index contributed by atoms with van der Waals surface area (Å²) in [6, 6.07) is 29.6. The van der Waals surface area contributed by atoms with Gasteiger partial charge in [-0.15, -0.1) is 0 Å². The van der Waals surface area contributed by atoms with Gasteiger partial charge in [0.25, 0.3) is 8.32 Å². The fraction of sp³-hybridized carbons (Fsp3) is 0.387. The maximum atomic E-state index is 13.1. The molecule has 0 saturated carbocycles. The fourth-order valence-corrected chi connectivity index (χ4v) is 10.8. The molecule has 1 aliphatic heterocycles. The molecule has 0 radical (unpaired) electrons. The summed E-state index contributed by atoms with van der Waals surface area (Å²) in [7, 11) is -4.42. The molecule has 0 bridgehead atoms. The molecule has 1 heterocycles. The lowest BCUT2D eigenvalue weighted by Crippen LogP contribution is -2.67. The van der Waals surface area contributed by atoms with E-state index in [1.165, 1.54) is 0 Å². The summed E-state index contributed by atoms with van der Waals surface area (Å²) in [5.74, 6) is -0.924. The summed E-state index contributed by atoms with van der Waals surface area (Å²) in [6.45, 7) is 12.5. The van der Waals surface area contributed by atoms with E-state index in [1.54, 1.807) is 12.1 Å². The molecule has 39 heavy (non-hydrogen) atoms. The van der Waals surface area contributed by atoms with Crippen LogP contribution >= 0.6 is 0 Å². The Labute approximate surface area is 236 Å². The van der Waals surface area contributed by atoms with E-state index < -0.39 is 43.3 Å². The van der Waals surface area contributed by atoms with E-state index in [2.05, 4.69) is 55.8 Å². The Morgan fingerprint density at radius 1 is 0.974 bits per heavy atom. The smallest absolute Gasteiger partial charge is 0.261 e. The highest BCUT2D eigenvalue weighted by Crippen LogP contribution is 2.38. The summed E-state index contributed by atoms with van der Waals surface area (Å²) in [6.07, 6.45) is -1.23. The first kappa shape index (κ1) is 29.3. The summed E-state index contributed by atoms with van der Waals surface area (Å²) < 4.78 is 35.7. The number of nitrogens with one attached hydrogen (secondary N) is 1. The second-order valence-corrected chi connectivity index (χ2v) is 17.0. The molecule has 0 aliphatic carbocycles. The summed E-state index contributed by atoms with van der Waals surface area (Å²) in [5, 5.41) is 12.2. The third-order valence-corrected chi connectivity index (χ3v) is 13.2. The molecule has 206 valence electrons. The monoisotopic (exact) mass is 562 g/mol. The predicted octanol–water partition coefficient (Wildman–Crippen LogP) is 4.60. The third-order valence-electron chi connectivity index (χ3n) is 7.04. The van der Waals surface area contributed by atoms with Crippen LogP contribution in [0.25, 0.3) is 0 Å². The van der Waals surface area contributed by atoms with Gasteiger partial charge < -0.3 is 13.9 Å². The van der Waals surface area contributed by atoms with Crippen molar-refractivity contribution in [1.82, 2.24) is 4.72 Å². The van der Waals surface area contributed by atoms with Gasteiger partial charge >= 0.3 is 0 Å². The first-order chi connectivity index (χ1) is 18.5. The Hall–Kier alpha value is -2.64. The van der Waals surface area contributed by atoms with Crippen molar-refractivity contribution >= 4 is 29.7 Å². The van der Waals surface area contributed by atoms with Gasteiger partial charge in [-0.2, -0.15) is 5.26 Å². The molecule has 1 saturated heterocycles. The standard InChI is InChI=1S/C31H38N2O4SSi/c1-23-17-19-24(20-18-23)38(34)33-27(21-32)29-28(36-31(5,6)37-29)22-35-39(30(2,3)4,25-13-9-7-10-14-25)26-15-11-8-12-16-26/h7-20,27-29,33H,22H2,1-6H3/t27-,28+,29+,38-/m1/s1. The fourth-order valence-electron chi connectivity index (χ4n) is 5.26. The average molecular weight is 563 g/mol. The minimum absolute atomic E-state index is 0.208. The van der Waals surface area contributed by atoms with Gasteiger partial charge in [0.2, 0.25) is 0 Å². The molecular weight excluding hydrogens is 525 g/mol. The number of hydrogen-bond donors (Lipinski definition) is 1. The van der Waals surface area contributed by atoms with E-state index in [-0.39, 0.29) is 11.6 Å².